The minimum absolute atomic E-state index is 0.0330. The van der Waals surface area contributed by atoms with E-state index in [1.165, 1.54) is 0 Å². The van der Waals surface area contributed by atoms with Crippen molar-refractivity contribution in [1.29, 1.82) is 0 Å². The molecule has 4 nitrogen and oxygen atoms in total. The van der Waals surface area contributed by atoms with Crippen LogP contribution in [-0.2, 0) is 0 Å². The molecule has 1 heterocycles. The Morgan fingerprint density at radius 3 is 2.71 bits per heavy atom. The van der Waals surface area contributed by atoms with Crippen LogP contribution in [0.15, 0.2) is 18.2 Å². The molecule has 0 bridgehead atoms. The number of hydrogen-bond donors (Lipinski definition) is 2. The number of benzene rings is 1. The summed E-state index contributed by atoms with van der Waals surface area (Å²) >= 11 is 0. The third-order valence-corrected chi connectivity index (χ3v) is 4.17. The van der Waals surface area contributed by atoms with Gasteiger partial charge in [-0.25, -0.2) is 0 Å². The summed E-state index contributed by atoms with van der Waals surface area (Å²) in [5.74, 6) is 0.811. The van der Waals surface area contributed by atoms with Gasteiger partial charge in [-0.15, -0.1) is 0 Å². The fourth-order valence-electron chi connectivity index (χ4n) is 2.85. The number of aryl methyl sites for hydroxylation is 1. The lowest BCUT2D eigenvalue weighted by atomic mass is 9.97. The molecule has 0 unspecified atom stereocenters. The smallest absolute Gasteiger partial charge is 0.253 e. The van der Waals surface area contributed by atoms with E-state index in [1.807, 2.05) is 17.9 Å². The predicted molar refractivity (Wildman–Crippen MR) is 84.6 cm³/mol. The molecule has 1 amide bonds. The van der Waals surface area contributed by atoms with Gasteiger partial charge in [-0.05, 0) is 62.9 Å². The van der Waals surface area contributed by atoms with Crippen LogP contribution < -0.4 is 5.32 Å². The van der Waals surface area contributed by atoms with Gasteiger partial charge in [0.1, 0.15) is 5.75 Å². The highest BCUT2D eigenvalue weighted by molar-refractivity contribution is 5.94. The number of piperidine rings is 1. The molecular weight excluding hydrogens is 264 g/mol. The van der Waals surface area contributed by atoms with Crippen LogP contribution in [0.25, 0.3) is 0 Å². The number of nitrogens with one attached hydrogen (secondary N) is 1. The van der Waals surface area contributed by atoms with E-state index in [0.717, 1.165) is 51.0 Å². The number of nitrogens with zero attached hydrogens (tertiary/aromatic N) is 1. The van der Waals surface area contributed by atoms with E-state index >= 15 is 0 Å². The SMILES string of the molecule is CCCN(CC1CCNCC1)C(=O)c1ccc(C)c(O)c1. The molecule has 1 aromatic rings. The maximum atomic E-state index is 12.7. The zero-order valence-corrected chi connectivity index (χ0v) is 13.1. The Morgan fingerprint density at radius 2 is 2.10 bits per heavy atom. The van der Waals surface area contributed by atoms with Crippen molar-refractivity contribution < 1.29 is 9.90 Å². The van der Waals surface area contributed by atoms with Gasteiger partial charge < -0.3 is 15.3 Å². The van der Waals surface area contributed by atoms with E-state index in [-0.39, 0.29) is 11.7 Å². The van der Waals surface area contributed by atoms with Gasteiger partial charge in [0.2, 0.25) is 0 Å². The number of phenolic OH excluding ortho intramolecular Hbond substituents is 1. The third kappa shape index (κ3) is 4.21. The average molecular weight is 290 g/mol. The number of rotatable bonds is 5. The Balaban J connectivity index is 2.08. The van der Waals surface area contributed by atoms with Crippen molar-refractivity contribution in [2.24, 2.45) is 5.92 Å². The van der Waals surface area contributed by atoms with Gasteiger partial charge in [-0.3, -0.25) is 4.79 Å². The maximum Gasteiger partial charge on any atom is 0.253 e. The summed E-state index contributed by atoms with van der Waals surface area (Å²) in [6.07, 6.45) is 3.22. The van der Waals surface area contributed by atoms with Gasteiger partial charge in [0.25, 0.3) is 5.91 Å². The van der Waals surface area contributed by atoms with Gasteiger partial charge in [0, 0.05) is 18.7 Å². The average Bonchev–Trinajstić information content (AvgIpc) is 2.50. The van der Waals surface area contributed by atoms with E-state index < -0.39 is 0 Å². The number of carbonyl (C=O) groups is 1. The molecule has 116 valence electrons. The highest BCUT2D eigenvalue weighted by atomic mass is 16.3. The Bertz CT molecular complexity index is 482. The second kappa shape index (κ2) is 7.46. The Labute approximate surface area is 127 Å². The van der Waals surface area contributed by atoms with Crippen LogP contribution in [0.4, 0.5) is 0 Å². The van der Waals surface area contributed by atoms with Crippen molar-refractivity contribution in [3.8, 4) is 5.75 Å². The van der Waals surface area contributed by atoms with Crippen molar-refractivity contribution in [3.05, 3.63) is 29.3 Å². The molecule has 4 heteroatoms. The molecule has 1 saturated heterocycles. The summed E-state index contributed by atoms with van der Waals surface area (Å²) in [6.45, 7) is 7.62. The van der Waals surface area contributed by atoms with Gasteiger partial charge >= 0.3 is 0 Å². The van der Waals surface area contributed by atoms with Crippen molar-refractivity contribution >= 4 is 5.91 Å². The molecule has 1 fully saturated rings. The Kier molecular flexibility index (Phi) is 5.62. The van der Waals surface area contributed by atoms with Crippen molar-refractivity contribution in [3.63, 3.8) is 0 Å². The lowest BCUT2D eigenvalue weighted by Gasteiger charge is -2.30. The first-order chi connectivity index (χ1) is 10.1. The quantitative estimate of drug-likeness (QED) is 0.876. The first kappa shape index (κ1) is 15.8. The van der Waals surface area contributed by atoms with Crippen LogP contribution in [0, 0.1) is 12.8 Å². The van der Waals surface area contributed by atoms with Gasteiger partial charge in [0.05, 0.1) is 0 Å². The molecule has 0 spiro atoms. The van der Waals surface area contributed by atoms with E-state index in [9.17, 15) is 9.90 Å². The molecule has 21 heavy (non-hydrogen) atoms. The zero-order valence-electron chi connectivity index (χ0n) is 13.1. The van der Waals surface area contributed by atoms with Crippen molar-refractivity contribution in [2.45, 2.75) is 33.1 Å². The van der Waals surface area contributed by atoms with E-state index in [0.29, 0.717) is 11.5 Å². The largest absolute Gasteiger partial charge is 0.508 e. The van der Waals surface area contributed by atoms with Crippen LogP contribution in [0.3, 0.4) is 0 Å². The monoisotopic (exact) mass is 290 g/mol. The molecule has 2 N–H and O–H groups in total. The summed E-state index contributed by atoms with van der Waals surface area (Å²) in [7, 11) is 0. The molecule has 1 aromatic carbocycles. The summed E-state index contributed by atoms with van der Waals surface area (Å²) in [5.41, 5.74) is 1.38. The number of phenols is 1. The van der Waals surface area contributed by atoms with E-state index in [2.05, 4.69) is 12.2 Å². The molecule has 0 atom stereocenters. The molecule has 1 aliphatic rings. The number of hydrogen-bond acceptors (Lipinski definition) is 3. The molecule has 0 aliphatic carbocycles. The maximum absolute atomic E-state index is 12.7. The molecule has 1 aliphatic heterocycles. The second-order valence-electron chi connectivity index (χ2n) is 5.95. The van der Waals surface area contributed by atoms with Crippen molar-refractivity contribution in [1.82, 2.24) is 10.2 Å². The number of amides is 1. The highest BCUT2D eigenvalue weighted by Gasteiger charge is 2.21. The van der Waals surface area contributed by atoms with Gasteiger partial charge in [0.15, 0.2) is 0 Å². The van der Waals surface area contributed by atoms with Crippen LogP contribution in [0.5, 0.6) is 5.75 Å². The minimum Gasteiger partial charge on any atom is -0.508 e. The summed E-state index contributed by atoms with van der Waals surface area (Å²) < 4.78 is 0. The van der Waals surface area contributed by atoms with Crippen LogP contribution in [-0.4, -0.2) is 42.1 Å². The van der Waals surface area contributed by atoms with Crippen LogP contribution >= 0.6 is 0 Å². The highest BCUT2D eigenvalue weighted by Crippen LogP contribution is 2.20. The lowest BCUT2D eigenvalue weighted by molar-refractivity contribution is 0.0716. The predicted octanol–water partition coefficient (Wildman–Crippen LogP) is 2.55. The number of aromatic hydroxyl groups is 1. The summed E-state index contributed by atoms with van der Waals surface area (Å²) in [6, 6.07) is 5.20. The van der Waals surface area contributed by atoms with Crippen LogP contribution in [0.2, 0.25) is 0 Å². The van der Waals surface area contributed by atoms with Crippen molar-refractivity contribution in [2.75, 3.05) is 26.2 Å². The normalized spacial score (nSPS) is 15.9. The summed E-state index contributed by atoms with van der Waals surface area (Å²) in [4.78, 5) is 14.6. The molecular formula is C17H26N2O2. The van der Waals surface area contributed by atoms with Gasteiger partial charge in [-0.2, -0.15) is 0 Å². The molecule has 0 aromatic heterocycles. The topological polar surface area (TPSA) is 52.6 Å². The first-order valence-electron chi connectivity index (χ1n) is 7.91. The zero-order chi connectivity index (χ0) is 15.2. The van der Waals surface area contributed by atoms with Crippen LogP contribution in [0.1, 0.15) is 42.1 Å². The van der Waals surface area contributed by atoms with E-state index in [1.54, 1.807) is 12.1 Å². The Morgan fingerprint density at radius 1 is 1.38 bits per heavy atom. The second-order valence-corrected chi connectivity index (χ2v) is 5.95. The Hall–Kier alpha value is -1.55. The molecule has 0 radical (unpaired) electrons. The fraction of sp³-hybridized carbons (Fsp3) is 0.588. The molecule has 0 saturated carbocycles. The standard InChI is InChI=1S/C17H26N2O2/c1-3-10-19(12-14-6-8-18-9-7-14)17(21)15-5-4-13(2)16(20)11-15/h4-5,11,14,18,20H,3,6-10,12H2,1-2H3. The summed E-state index contributed by atoms with van der Waals surface area (Å²) in [5, 5.41) is 13.2. The first-order valence-corrected chi connectivity index (χ1v) is 7.91. The van der Waals surface area contributed by atoms with Gasteiger partial charge in [-0.1, -0.05) is 13.0 Å². The molecule has 2 rings (SSSR count). The van der Waals surface area contributed by atoms with E-state index in [4.69, 9.17) is 0 Å². The third-order valence-electron chi connectivity index (χ3n) is 4.17. The minimum atomic E-state index is 0.0330. The number of carbonyl (C=O) groups excluding carboxylic acids is 1. The lowest BCUT2D eigenvalue weighted by Crippen LogP contribution is -2.39. The fourth-order valence-corrected chi connectivity index (χ4v) is 2.85.